The summed E-state index contributed by atoms with van der Waals surface area (Å²) in [5, 5.41) is 14.6. The van der Waals surface area contributed by atoms with E-state index in [2.05, 4.69) is 20.6 Å². The zero-order valence-corrected chi connectivity index (χ0v) is 7.23. The molecule has 1 aromatic carbocycles. The lowest BCUT2D eigenvalue weighted by Crippen LogP contribution is -1.89. The van der Waals surface area contributed by atoms with Crippen LogP contribution in [0.4, 0.5) is 5.69 Å². The third kappa shape index (κ3) is 1.46. The SMILES string of the molecule is Nc1ccc(Cl)c(-c2nnn[n-]2)c1. The van der Waals surface area contributed by atoms with Gasteiger partial charge in [-0.15, -0.1) is 0 Å². The molecule has 0 amide bonds. The van der Waals surface area contributed by atoms with Gasteiger partial charge in [0.2, 0.25) is 0 Å². The van der Waals surface area contributed by atoms with Crippen LogP contribution in [0.25, 0.3) is 11.4 Å². The number of nitrogens with two attached hydrogens (primary N) is 1. The van der Waals surface area contributed by atoms with Gasteiger partial charge >= 0.3 is 0 Å². The molecule has 5 nitrogen and oxygen atoms in total. The number of anilines is 1. The van der Waals surface area contributed by atoms with Crippen LogP contribution in [0.15, 0.2) is 18.2 Å². The first kappa shape index (κ1) is 8.00. The monoisotopic (exact) mass is 194 g/mol. The second-order valence-electron chi connectivity index (χ2n) is 2.44. The van der Waals surface area contributed by atoms with Gasteiger partial charge in [-0.3, -0.25) is 10.3 Å². The van der Waals surface area contributed by atoms with Gasteiger partial charge in [-0.25, -0.2) is 0 Å². The van der Waals surface area contributed by atoms with Crippen molar-refractivity contribution in [2.45, 2.75) is 0 Å². The molecule has 0 atom stereocenters. The molecule has 0 saturated heterocycles. The molecule has 6 heteroatoms. The van der Waals surface area contributed by atoms with Crippen molar-refractivity contribution >= 4 is 17.3 Å². The van der Waals surface area contributed by atoms with Crippen LogP contribution < -0.4 is 10.8 Å². The van der Waals surface area contributed by atoms with Gasteiger partial charge in [0.15, 0.2) is 0 Å². The zero-order valence-electron chi connectivity index (χ0n) is 6.48. The van der Waals surface area contributed by atoms with Crippen LogP contribution in [-0.2, 0) is 0 Å². The van der Waals surface area contributed by atoms with E-state index in [0.29, 0.717) is 22.1 Å². The van der Waals surface area contributed by atoms with Gasteiger partial charge < -0.3 is 10.8 Å². The highest BCUT2D eigenvalue weighted by molar-refractivity contribution is 6.33. The number of nitrogen functional groups attached to an aromatic ring is 1. The van der Waals surface area contributed by atoms with Gasteiger partial charge in [0.05, 0.1) is 0 Å². The van der Waals surface area contributed by atoms with Crippen molar-refractivity contribution < 1.29 is 0 Å². The number of hydrogen-bond donors (Lipinski definition) is 1. The molecule has 66 valence electrons. The fraction of sp³-hybridized carbons (Fsp3) is 0. The molecule has 0 aliphatic heterocycles. The minimum Gasteiger partial charge on any atom is -0.399 e. The Labute approximate surface area is 78.9 Å². The predicted octanol–water partition coefficient (Wildman–Crippen LogP) is 0.731. The van der Waals surface area contributed by atoms with Gasteiger partial charge in [-0.05, 0) is 18.2 Å². The molecule has 1 heterocycles. The molecule has 13 heavy (non-hydrogen) atoms. The van der Waals surface area contributed by atoms with Crippen LogP contribution >= 0.6 is 11.6 Å². The minimum absolute atomic E-state index is 0.386. The molecular weight excluding hydrogens is 190 g/mol. The Bertz CT molecular complexity index is 411. The number of halogens is 1. The van der Waals surface area contributed by atoms with E-state index in [1.807, 2.05) is 0 Å². The topological polar surface area (TPSA) is 78.8 Å². The van der Waals surface area contributed by atoms with Crippen LogP contribution in [0.3, 0.4) is 0 Å². The first-order valence-electron chi connectivity index (χ1n) is 3.51. The summed E-state index contributed by atoms with van der Waals surface area (Å²) in [5.41, 5.74) is 6.82. The van der Waals surface area contributed by atoms with Crippen molar-refractivity contribution in [3.8, 4) is 11.4 Å². The molecule has 0 unspecified atom stereocenters. The molecule has 0 spiro atoms. The third-order valence-corrected chi connectivity index (χ3v) is 1.88. The fourth-order valence-electron chi connectivity index (χ4n) is 0.967. The molecule has 0 aliphatic rings. The predicted molar refractivity (Wildman–Crippen MR) is 48.0 cm³/mol. The van der Waals surface area contributed by atoms with E-state index in [9.17, 15) is 0 Å². The summed E-state index contributed by atoms with van der Waals surface area (Å²) < 4.78 is 0. The summed E-state index contributed by atoms with van der Waals surface area (Å²) in [5.74, 6) is 0.386. The molecule has 0 aliphatic carbocycles. The summed E-state index contributed by atoms with van der Waals surface area (Å²) in [7, 11) is 0. The number of tetrazole rings is 1. The van der Waals surface area contributed by atoms with E-state index in [0.717, 1.165) is 0 Å². The van der Waals surface area contributed by atoms with Crippen molar-refractivity contribution in [3.63, 3.8) is 0 Å². The maximum atomic E-state index is 5.90. The number of benzene rings is 1. The summed E-state index contributed by atoms with van der Waals surface area (Å²) >= 11 is 5.90. The van der Waals surface area contributed by atoms with Crippen molar-refractivity contribution in [1.82, 2.24) is 20.6 Å². The van der Waals surface area contributed by atoms with Crippen LogP contribution in [0.1, 0.15) is 0 Å². The first-order valence-corrected chi connectivity index (χ1v) is 3.89. The molecule has 0 fully saturated rings. The van der Waals surface area contributed by atoms with Crippen molar-refractivity contribution in [3.05, 3.63) is 23.2 Å². The lowest BCUT2D eigenvalue weighted by Gasteiger charge is -2.03. The highest BCUT2D eigenvalue weighted by Gasteiger charge is 2.01. The van der Waals surface area contributed by atoms with E-state index in [1.165, 1.54) is 0 Å². The molecular formula is C7H5ClN5-. The molecule has 0 radical (unpaired) electrons. The highest BCUT2D eigenvalue weighted by atomic mass is 35.5. The molecule has 2 rings (SSSR count). The minimum atomic E-state index is 0.386. The Morgan fingerprint density at radius 2 is 2.23 bits per heavy atom. The average Bonchev–Trinajstić information content (AvgIpc) is 2.61. The lowest BCUT2D eigenvalue weighted by atomic mass is 10.2. The standard InChI is InChI=1S/C7H5ClN5/c8-6-2-1-4(9)3-5(6)7-10-12-13-11-7/h1-3H,9H2/q-1. The third-order valence-electron chi connectivity index (χ3n) is 1.55. The van der Waals surface area contributed by atoms with Gasteiger partial charge in [0.25, 0.3) is 0 Å². The van der Waals surface area contributed by atoms with E-state index < -0.39 is 0 Å². The summed E-state index contributed by atoms with van der Waals surface area (Å²) in [6.45, 7) is 0. The molecule has 1 aromatic heterocycles. The zero-order chi connectivity index (χ0) is 9.26. The fourth-order valence-corrected chi connectivity index (χ4v) is 1.17. The van der Waals surface area contributed by atoms with E-state index in [4.69, 9.17) is 17.3 Å². The number of nitrogens with zero attached hydrogens (tertiary/aromatic N) is 4. The Balaban J connectivity index is 2.57. The number of rotatable bonds is 1. The second-order valence-corrected chi connectivity index (χ2v) is 2.85. The maximum absolute atomic E-state index is 5.90. The van der Waals surface area contributed by atoms with Crippen molar-refractivity contribution in [1.29, 1.82) is 0 Å². The van der Waals surface area contributed by atoms with Gasteiger partial charge in [-0.2, -0.15) is 5.21 Å². The number of aromatic nitrogens is 4. The number of hydrogen-bond acceptors (Lipinski definition) is 4. The smallest absolute Gasteiger partial charge is 0.0490 e. The Morgan fingerprint density at radius 1 is 1.38 bits per heavy atom. The maximum Gasteiger partial charge on any atom is 0.0490 e. The molecule has 0 saturated carbocycles. The van der Waals surface area contributed by atoms with E-state index in [1.54, 1.807) is 18.2 Å². The van der Waals surface area contributed by atoms with Crippen LogP contribution in [0.5, 0.6) is 0 Å². The highest BCUT2D eigenvalue weighted by Crippen LogP contribution is 2.25. The molecule has 2 N–H and O–H groups in total. The molecule has 0 bridgehead atoms. The van der Waals surface area contributed by atoms with Crippen LogP contribution in [0.2, 0.25) is 5.02 Å². The second kappa shape index (κ2) is 3.02. The normalized spacial score (nSPS) is 10.2. The molecule has 2 aromatic rings. The average molecular weight is 195 g/mol. The Morgan fingerprint density at radius 3 is 2.92 bits per heavy atom. The Kier molecular flexibility index (Phi) is 1.86. The summed E-state index contributed by atoms with van der Waals surface area (Å²) in [6.07, 6.45) is 0. The quantitative estimate of drug-likeness (QED) is 0.677. The van der Waals surface area contributed by atoms with Gasteiger partial charge in [0, 0.05) is 22.1 Å². The van der Waals surface area contributed by atoms with E-state index in [-0.39, 0.29) is 0 Å². The Hall–Kier alpha value is -1.62. The summed E-state index contributed by atoms with van der Waals surface area (Å²) in [6, 6.07) is 5.07. The lowest BCUT2D eigenvalue weighted by molar-refractivity contribution is 0.871. The van der Waals surface area contributed by atoms with Gasteiger partial charge in [0.1, 0.15) is 0 Å². The largest absolute Gasteiger partial charge is 0.399 e. The van der Waals surface area contributed by atoms with Crippen molar-refractivity contribution in [2.24, 2.45) is 0 Å². The van der Waals surface area contributed by atoms with Crippen LogP contribution in [0, 0.1) is 0 Å². The van der Waals surface area contributed by atoms with Crippen LogP contribution in [-0.4, -0.2) is 15.5 Å². The first-order chi connectivity index (χ1) is 6.27. The van der Waals surface area contributed by atoms with Crippen molar-refractivity contribution in [2.75, 3.05) is 5.73 Å². The van der Waals surface area contributed by atoms with E-state index >= 15 is 0 Å². The van der Waals surface area contributed by atoms with Gasteiger partial charge in [-0.1, -0.05) is 11.6 Å². The summed E-state index contributed by atoms with van der Waals surface area (Å²) in [4.78, 5) is 0.